The van der Waals surface area contributed by atoms with E-state index in [-0.39, 0.29) is 11.9 Å². The lowest BCUT2D eigenvalue weighted by Gasteiger charge is -2.41. The van der Waals surface area contributed by atoms with E-state index in [0.717, 1.165) is 32.0 Å². The second-order valence-electron chi connectivity index (χ2n) is 6.45. The number of carbonyl (C=O) groups excluding carboxylic acids is 1. The maximum absolute atomic E-state index is 12.1. The summed E-state index contributed by atoms with van der Waals surface area (Å²) in [6.45, 7) is 4.59. The molecule has 2 aliphatic heterocycles. The monoisotopic (exact) mass is 303 g/mol. The molecule has 120 valence electrons. The Balaban J connectivity index is 1.45. The molecule has 2 aliphatic rings. The highest BCUT2D eigenvalue weighted by Crippen LogP contribution is 2.20. The molecule has 22 heavy (non-hydrogen) atoms. The molecule has 0 spiro atoms. The molecule has 0 unspecified atom stereocenters. The molecule has 1 amide bonds. The highest BCUT2D eigenvalue weighted by Gasteiger charge is 2.27. The summed E-state index contributed by atoms with van der Waals surface area (Å²) in [5.74, 6) is -0.0346. The smallest absolute Gasteiger partial charge is 0.253 e. The van der Waals surface area contributed by atoms with E-state index in [9.17, 15) is 4.79 Å². The molecule has 1 aromatic heterocycles. The van der Waals surface area contributed by atoms with Gasteiger partial charge in [-0.3, -0.25) is 4.79 Å². The second kappa shape index (κ2) is 7.15. The minimum atomic E-state index is -0.0346. The molecular formula is C16H25N5O. The minimum absolute atomic E-state index is 0.0346. The Morgan fingerprint density at radius 3 is 2.50 bits per heavy atom. The molecule has 3 heterocycles. The zero-order valence-electron chi connectivity index (χ0n) is 13.2. The van der Waals surface area contributed by atoms with Gasteiger partial charge < -0.3 is 15.1 Å². The van der Waals surface area contributed by atoms with Gasteiger partial charge in [0.1, 0.15) is 0 Å². The normalized spacial score (nSPS) is 22.6. The van der Waals surface area contributed by atoms with E-state index < -0.39 is 0 Å². The van der Waals surface area contributed by atoms with Crippen LogP contribution in [0.5, 0.6) is 0 Å². The van der Waals surface area contributed by atoms with Gasteiger partial charge in [0.25, 0.3) is 5.91 Å². The molecule has 0 aromatic carbocycles. The zero-order valence-corrected chi connectivity index (χ0v) is 13.2. The van der Waals surface area contributed by atoms with Crippen LogP contribution in [0.4, 0.5) is 0 Å². The van der Waals surface area contributed by atoms with Crippen molar-refractivity contribution in [1.29, 1.82) is 0 Å². The molecular weight excluding hydrogens is 278 g/mol. The summed E-state index contributed by atoms with van der Waals surface area (Å²) in [5, 5.41) is 10.6. The molecule has 2 saturated heterocycles. The van der Waals surface area contributed by atoms with Crippen molar-refractivity contribution in [3.63, 3.8) is 0 Å². The zero-order chi connectivity index (χ0) is 15.4. The number of carbonyl (C=O) groups is 1. The SMILES string of the molecule is CN1CCC(N2CCC(NC(=O)c3ccnnc3)CC2)CC1. The van der Waals surface area contributed by atoms with Crippen LogP contribution in [0.25, 0.3) is 0 Å². The first kappa shape index (κ1) is 15.4. The largest absolute Gasteiger partial charge is 0.349 e. The fourth-order valence-corrected chi connectivity index (χ4v) is 3.46. The van der Waals surface area contributed by atoms with E-state index in [1.165, 1.54) is 32.1 Å². The van der Waals surface area contributed by atoms with Crippen molar-refractivity contribution in [2.45, 2.75) is 37.8 Å². The average Bonchev–Trinajstić information content (AvgIpc) is 2.57. The highest BCUT2D eigenvalue weighted by molar-refractivity contribution is 5.93. The predicted molar refractivity (Wildman–Crippen MR) is 84.6 cm³/mol. The lowest BCUT2D eigenvalue weighted by Crippen LogP contribution is -2.50. The fraction of sp³-hybridized carbons (Fsp3) is 0.688. The Kier molecular flexibility index (Phi) is 5.00. The molecule has 0 bridgehead atoms. The van der Waals surface area contributed by atoms with E-state index in [1.807, 2.05) is 0 Å². The number of nitrogens with one attached hydrogen (secondary N) is 1. The topological polar surface area (TPSA) is 61.4 Å². The molecule has 0 radical (unpaired) electrons. The van der Waals surface area contributed by atoms with Crippen molar-refractivity contribution in [1.82, 2.24) is 25.3 Å². The van der Waals surface area contributed by atoms with E-state index in [1.54, 1.807) is 12.3 Å². The summed E-state index contributed by atoms with van der Waals surface area (Å²) >= 11 is 0. The van der Waals surface area contributed by atoms with Gasteiger partial charge in [-0.05, 0) is 51.9 Å². The number of rotatable bonds is 3. The summed E-state index contributed by atoms with van der Waals surface area (Å²) in [6, 6.07) is 2.72. The first-order chi connectivity index (χ1) is 10.7. The Bertz CT molecular complexity index is 479. The first-order valence-corrected chi connectivity index (χ1v) is 8.22. The quantitative estimate of drug-likeness (QED) is 0.893. The maximum Gasteiger partial charge on any atom is 0.253 e. The molecule has 0 atom stereocenters. The van der Waals surface area contributed by atoms with Gasteiger partial charge in [-0.2, -0.15) is 10.2 Å². The predicted octanol–water partition coefficient (Wildman–Crippen LogP) is 0.765. The third-order valence-electron chi connectivity index (χ3n) is 4.92. The fourth-order valence-electron chi connectivity index (χ4n) is 3.46. The molecule has 1 N–H and O–H groups in total. The standard InChI is InChI=1S/C16H25N5O/c1-20-8-5-15(6-9-20)21-10-3-14(4-11-21)19-16(22)13-2-7-17-18-12-13/h2,7,12,14-15H,3-6,8-11H2,1H3,(H,19,22). The van der Waals surface area contributed by atoms with Crippen LogP contribution in [-0.2, 0) is 0 Å². The van der Waals surface area contributed by atoms with E-state index >= 15 is 0 Å². The number of hydrogen-bond acceptors (Lipinski definition) is 5. The third kappa shape index (κ3) is 3.81. The molecule has 1 aromatic rings. The summed E-state index contributed by atoms with van der Waals surface area (Å²) in [6.07, 6.45) is 7.69. The van der Waals surface area contributed by atoms with Gasteiger partial charge in [0.15, 0.2) is 0 Å². The number of nitrogens with zero attached hydrogens (tertiary/aromatic N) is 4. The maximum atomic E-state index is 12.1. The average molecular weight is 303 g/mol. The van der Waals surface area contributed by atoms with Gasteiger partial charge in [-0.15, -0.1) is 0 Å². The van der Waals surface area contributed by atoms with Gasteiger partial charge in [0.2, 0.25) is 0 Å². The van der Waals surface area contributed by atoms with Crippen LogP contribution in [0.3, 0.4) is 0 Å². The van der Waals surface area contributed by atoms with Crippen LogP contribution < -0.4 is 5.32 Å². The minimum Gasteiger partial charge on any atom is -0.349 e. The van der Waals surface area contributed by atoms with Gasteiger partial charge in [-0.1, -0.05) is 0 Å². The number of likely N-dealkylation sites (tertiary alicyclic amines) is 2. The Hall–Kier alpha value is -1.53. The number of piperidine rings is 2. The number of amides is 1. The van der Waals surface area contributed by atoms with Gasteiger partial charge in [0, 0.05) is 25.2 Å². The second-order valence-corrected chi connectivity index (χ2v) is 6.45. The van der Waals surface area contributed by atoms with Crippen LogP contribution >= 0.6 is 0 Å². The van der Waals surface area contributed by atoms with Crippen molar-refractivity contribution in [2.24, 2.45) is 0 Å². The Morgan fingerprint density at radius 1 is 1.14 bits per heavy atom. The van der Waals surface area contributed by atoms with E-state index in [0.29, 0.717) is 5.56 Å². The summed E-state index contributed by atoms with van der Waals surface area (Å²) in [4.78, 5) is 17.2. The van der Waals surface area contributed by atoms with Crippen molar-refractivity contribution in [2.75, 3.05) is 33.2 Å². The third-order valence-corrected chi connectivity index (χ3v) is 4.92. The highest BCUT2D eigenvalue weighted by atomic mass is 16.1. The van der Waals surface area contributed by atoms with Crippen LogP contribution in [-0.4, -0.2) is 71.2 Å². The number of aromatic nitrogens is 2. The summed E-state index contributed by atoms with van der Waals surface area (Å²) < 4.78 is 0. The van der Waals surface area contributed by atoms with Crippen LogP contribution in [0.2, 0.25) is 0 Å². The lowest BCUT2D eigenvalue weighted by atomic mass is 9.98. The summed E-state index contributed by atoms with van der Waals surface area (Å²) in [5.41, 5.74) is 0.591. The number of hydrogen-bond donors (Lipinski definition) is 1. The van der Waals surface area contributed by atoms with Crippen molar-refractivity contribution < 1.29 is 4.79 Å². The Labute approximate surface area is 131 Å². The molecule has 0 saturated carbocycles. The molecule has 3 rings (SSSR count). The van der Waals surface area contributed by atoms with Gasteiger partial charge in [-0.25, -0.2) is 0 Å². The Morgan fingerprint density at radius 2 is 1.86 bits per heavy atom. The van der Waals surface area contributed by atoms with Gasteiger partial charge >= 0.3 is 0 Å². The van der Waals surface area contributed by atoms with Gasteiger partial charge in [0.05, 0.1) is 18.0 Å². The van der Waals surface area contributed by atoms with Crippen LogP contribution in [0, 0.1) is 0 Å². The molecule has 6 nitrogen and oxygen atoms in total. The van der Waals surface area contributed by atoms with Crippen molar-refractivity contribution >= 4 is 5.91 Å². The van der Waals surface area contributed by atoms with E-state index in [4.69, 9.17) is 0 Å². The van der Waals surface area contributed by atoms with Crippen LogP contribution in [0.15, 0.2) is 18.5 Å². The van der Waals surface area contributed by atoms with E-state index in [2.05, 4.69) is 32.4 Å². The molecule has 2 fully saturated rings. The summed E-state index contributed by atoms with van der Waals surface area (Å²) in [7, 11) is 2.20. The van der Waals surface area contributed by atoms with Crippen molar-refractivity contribution in [3.8, 4) is 0 Å². The molecule has 0 aliphatic carbocycles. The molecule has 6 heteroatoms. The van der Waals surface area contributed by atoms with Crippen LogP contribution in [0.1, 0.15) is 36.0 Å². The van der Waals surface area contributed by atoms with Crippen molar-refractivity contribution in [3.05, 3.63) is 24.0 Å². The first-order valence-electron chi connectivity index (χ1n) is 8.22. The lowest BCUT2D eigenvalue weighted by molar-refractivity contribution is 0.0807.